The van der Waals surface area contributed by atoms with Crippen molar-refractivity contribution in [3.05, 3.63) is 124 Å². The number of rotatable bonds is 2. The van der Waals surface area contributed by atoms with E-state index in [9.17, 15) is 0 Å². The fourth-order valence-corrected chi connectivity index (χ4v) is 7.46. The van der Waals surface area contributed by atoms with Crippen molar-refractivity contribution in [2.45, 2.75) is 85.5 Å². The molecule has 0 saturated heterocycles. The second-order valence-electron chi connectivity index (χ2n) is 16.6. The van der Waals surface area contributed by atoms with E-state index in [-0.39, 0.29) is 23.0 Å². The van der Waals surface area contributed by atoms with Gasteiger partial charge in [0, 0.05) is 39.1 Å². The topological polar surface area (TPSA) is 6.48 Å². The van der Waals surface area contributed by atoms with Crippen molar-refractivity contribution in [3.63, 3.8) is 0 Å². The van der Waals surface area contributed by atoms with Crippen LogP contribution in [-0.2, 0) is 16.2 Å². The van der Waals surface area contributed by atoms with E-state index in [0.29, 0.717) is 0 Å². The van der Waals surface area contributed by atoms with Crippen LogP contribution in [-0.4, -0.2) is 6.71 Å². The molecule has 2 aliphatic rings. The molecule has 0 radical (unpaired) electrons. The van der Waals surface area contributed by atoms with Gasteiger partial charge in [-0.25, -0.2) is 0 Å². The number of aryl methyl sites for hydroxylation is 1. The van der Waals surface area contributed by atoms with Gasteiger partial charge in [-0.15, -0.1) is 0 Å². The van der Waals surface area contributed by atoms with Crippen LogP contribution in [0.15, 0.2) is 97.1 Å². The molecule has 0 unspecified atom stereocenters. The van der Waals surface area contributed by atoms with Gasteiger partial charge >= 0.3 is 0 Å². The Labute approximate surface area is 287 Å². The molecule has 5 aromatic rings. The highest BCUT2D eigenvalue weighted by Gasteiger charge is 2.44. The first kappa shape index (κ1) is 31.6. The minimum atomic E-state index is 0.0160. The summed E-state index contributed by atoms with van der Waals surface area (Å²) < 4.78 is 0. The van der Waals surface area contributed by atoms with Gasteiger partial charge in [-0.05, 0) is 122 Å². The van der Waals surface area contributed by atoms with Gasteiger partial charge in [0.25, 0.3) is 6.71 Å². The molecule has 0 aromatic heterocycles. The van der Waals surface area contributed by atoms with Gasteiger partial charge in [0.15, 0.2) is 0 Å². The molecule has 2 heterocycles. The van der Waals surface area contributed by atoms with Crippen molar-refractivity contribution in [1.82, 2.24) is 0 Å². The van der Waals surface area contributed by atoms with Crippen LogP contribution in [0.25, 0.3) is 0 Å². The fourth-order valence-electron chi connectivity index (χ4n) is 7.33. The van der Waals surface area contributed by atoms with E-state index >= 15 is 0 Å². The van der Waals surface area contributed by atoms with E-state index in [1.807, 2.05) is 12.1 Å². The molecule has 238 valence electrons. The third-order valence-corrected chi connectivity index (χ3v) is 10.3. The standard InChI is InChI=1S/C43H46BClN2/c1-27-23-38-40-39(24-27)47(33-19-15-31(45)16-20-33)37-22-14-30(43(8,9)10)26-35(37)44(40)34-25-29(42(5,6)7)13-21-36(34)46(38)32-17-11-28(12-18-32)41(2,3)4/h11-26H,1-10H3. The second-order valence-corrected chi connectivity index (χ2v) is 17.1. The number of benzene rings is 5. The monoisotopic (exact) mass is 636 g/mol. The Morgan fingerprint density at radius 1 is 0.468 bits per heavy atom. The quantitative estimate of drug-likeness (QED) is 0.174. The lowest BCUT2D eigenvalue weighted by molar-refractivity contribution is 0.590. The van der Waals surface area contributed by atoms with Crippen LogP contribution in [0, 0.1) is 6.92 Å². The smallest absolute Gasteiger partial charge is 0.252 e. The van der Waals surface area contributed by atoms with Crippen molar-refractivity contribution in [1.29, 1.82) is 0 Å². The predicted molar refractivity (Wildman–Crippen MR) is 206 cm³/mol. The first-order chi connectivity index (χ1) is 22.0. The molecule has 0 bridgehead atoms. The van der Waals surface area contributed by atoms with Gasteiger partial charge in [0.05, 0.1) is 0 Å². The van der Waals surface area contributed by atoms with E-state index in [0.717, 1.165) is 10.7 Å². The number of nitrogens with zero attached hydrogens (tertiary/aromatic N) is 2. The van der Waals surface area contributed by atoms with Gasteiger partial charge in [-0.2, -0.15) is 0 Å². The summed E-state index contributed by atoms with van der Waals surface area (Å²) in [4.78, 5) is 4.97. The lowest BCUT2D eigenvalue weighted by atomic mass is 9.33. The first-order valence-electron chi connectivity index (χ1n) is 16.9. The summed E-state index contributed by atoms with van der Waals surface area (Å²) in [7, 11) is 0. The predicted octanol–water partition coefficient (Wildman–Crippen LogP) is 10.6. The molecule has 0 atom stereocenters. The molecule has 0 spiro atoms. The molecule has 0 aliphatic carbocycles. The summed E-state index contributed by atoms with van der Waals surface area (Å²) in [5, 5.41) is 0.742. The Kier molecular flexibility index (Phi) is 7.26. The summed E-state index contributed by atoms with van der Waals surface area (Å²) in [5.41, 5.74) is 16.7. The molecule has 5 aromatic carbocycles. The summed E-state index contributed by atoms with van der Waals surface area (Å²) in [6.07, 6.45) is 0. The lowest BCUT2D eigenvalue weighted by Crippen LogP contribution is -2.61. The van der Waals surface area contributed by atoms with Gasteiger partial charge in [0.2, 0.25) is 0 Å². The minimum Gasteiger partial charge on any atom is -0.311 e. The fraction of sp³-hybridized carbons (Fsp3) is 0.302. The Hall–Kier alpha value is -3.95. The van der Waals surface area contributed by atoms with Gasteiger partial charge < -0.3 is 9.80 Å². The number of fused-ring (bicyclic) bond motifs is 4. The minimum absolute atomic E-state index is 0.0160. The van der Waals surface area contributed by atoms with Gasteiger partial charge in [-0.1, -0.05) is 110 Å². The van der Waals surface area contributed by atoms with E-state index in [1.165, 1.54) is 67.1 Å². The molecular weight excluding hydrogens is 591 g/mol. The Balaban J connectivity index is 1.58. The number of hydrogen-bond donors (Lipinski definition) is 0. The summed E-state index contributed by atoms with van der Waals surface area (Å²) in [6, 6.07) is 36.7. The zero-order valence-electron chi connectivity index (χ0n) is 29.6. The summed E-state index contributed by atoms with van der Waals surface area (Å²) >= 11 is 6.44. The molecule has 47 heavy (non-hydrogen) atoms. The van der Waals surface area contributed by atoms with Crippen LogP contribution < -0.4 is 26.2 Å². The highest BCUT2D eigenvalue weighted by Crippen LogP contribution is 2.45. The molecule has 4 heteroatoms. The zero-order valence-corrected chi connectivity index (χ0v) is 30.3. The van der Waals surface area contributed by atoms with Gasteiger partial charge in [-0.3, -0.25) is 0 Å². The molecule has 0 amide bonds. The SMILES string of the molecule is Cc1cc2c3c(c1)N(c1ccc(C(C)(C)C)cc1)c1ccc(C(C)(C)C)cc1B3c1cc(C(C)(C)C)ccc1N2c1ccc(Cl)cc1. The van der Waals surface area contributed by atoms with Gasteiger partial charge in [0.1, 0.15) is 0 Å². The van der Waals surface area contributed by atoms with Crippen molar-refractivity contribution >= 4 is 68.8 Å². The molecule has 0 saturated carbocycles. The maximum absolute atomic E-state index is 6.44. The van der Waals surface area contributed by atoms with Crippen LogP contribution in [0.5, 0.6) is 0 Å². The number of halogens is 1. The van der Waals surface area contributed by atoms with Crippen LogP contribution >= 0.6 is 11.6 Å². The lowest BCUT2D eigenvalue weighted by Gasteiger charge is -2.45. The highest BCUT2D eigenvalue weighted by molar-refractivity contribution is 7.00. The number of anilines is 6. The van der Waals surface area contributed by atoms with Crippen LogP contribution in [0.3, 0.4) is 0 Å². The molecule has 7 rings (SSSR count). The van der Waals surface area contributed by atoms with E-state index in [2.05, 4.69) is 164 Å². The molecule has 2 aliphatic heterocycles. The maximum Gasteiger partial charge on any atom is 0.252 e. The van der Waals surface area contributed by atoms with Crippen molar-refractivity contribution < 1.29 is 0 Å². The van der Waals surface area contributed by atoms with E-state index in [4.69, 9.17) is 11.6 Å². The zero-order chi connectivity index (χ0) is 33.6. The summed E-state index contributed by atoms with van der Waals surface area (Å²) in [6.45, 7) is 23.0. The third-order valence-electron chi connectivity index (χ3n) is 10.0. The van der Waals surface area contributed by atoms with E-state index in [1.54, 1.807) is 0 Å². The summed E-state index contributed by atoms with van der Waals surface area (Å²) in [5.74, 6) is 0. The maximum atomic E-state index is 6.44. The first-order valence-corrected chi connectivity index (χ1v) is 17.3. The van der Waals surface area contributed by atoms with Crippen LogP contribution in [0.1, 0.15) is 84.6 Å². The normalized spacial score (nSPS) is 14.1. The number of hydrogen-bond acceptors (Lipinski definition) is 2. The van der Waals surface area contributed by atoms with Crippen molar-refractivity contribution in [2.24, 2.45) is 0 Å². The molecule has 0 fully saturated rings. The molecule has 0 N–H and O–H groups in total. The van der Waals surface area contributed by atoms with Crippen molar-refractivity contribution in [3.8, 4) is 0 Å². The Bertz CT molecular complexity index is 2000. The Morgan fingerprint density at radius 2 is 0.851 bits per heavy atom. The molecular formula is C43H46BClN2. The van der Waals surface area contributed by atoms with Crippen LogP contribution in [0.2, 0.25) is 5.02 Å². The highest BCUT2D eigenvalue weighted by atomic mass is 35.5. The largest absolute Gasteiger partial charge is 0.311 e. The second kappa shape index (κ2) is 10.8. The van der Waals surface area contributed by atoms with E-state index < -0.39 is 0 Å². The van der Waals surface area contributed by atoms with Crippen molar-refractivity contribution in [2.75, 3.05) is 9.80 Å². The average molecular weight is 637 g/mol. The Morgan fingerprint density at radius 3 is 1.26 bits per heavy atom. The van der Waals surface area contributed by atoms with Crippen LogP contribution in [0.4, 0.5) is 34.1 Å². The molecule has 2 nitrogen and oxygen atoms in total. The third kappa shape index (κ3) is 5.37. The average Bonchev–Trinajstić information content (AvgIpc) is 2.99.